The topological polar surface area (TPSA) is 53.5 Å². The molecule has 0 saturated carbocycles. The monoisotopic (exact) mass is 425 g/mol. The third kappa shape index (κ3) is 2.65. The maximum absolute atomic E-state index is 13.3. The Morgan fingerprint density at radius 3 is 2.44 bits per heavy atom. The van der Waals surface area contributed by atoms with Crippen LogP contribution >= 0.6 is 15.9 Å². The van der Waals surface area contributed by atoms with Crippen molar-refractivity contribution in [2.24, 2.45) is 11.8 Å². The van der Waals surface area contributed by atoms with Gasteiger partial charge in [-0.1, -0.05) is 28.1 Å². The van der Waals surface area contributed by atoms with Gasteiger partial charge in [-0.05, 0) is 54.8 Å². The summed E-state index contributed by atoms with van der Waals surface area (Å²) in [4.78, 5) is 34.5. The highest BCUT2D eigenvalue weighted by atomic mass is 79.9. The number of carbonyl (C=O) groups is 2. The molecule has 138 valence electrons. The molecule has 0 unspecified atom stereocenters. The number of carbonyl (C=O) groups excluding carboxylic acids is 2. The van der Waals surface area contributed by atoms with Gasteiger partial charge in [-0.15, -0.1) is 0 Å². The number of aromatic nitrogens is 1. The number of imide groups is 1. The van der Waals surface area contributed by atoms with Crippen molar-refractivity contribution in [3.05, 3.63) is 64.4 Å². The molecule has 6 heteroatoms. The quantitative estimate of drug-likeness (QED) is 0.708. The summed E-state index contributed by atoms with van der Waals surface area (Å²) in [6.07, 6.45) is 5.48. The molecule has 27 heavy (non-hydrogen) atoms. The molecule has 1 aromatic carbocycles. The van der Waals surface area contributed by atoms with Crippen molar-refractivity contribution in [1.82, 2.24) is 14.8 Å². The predicted octanol–water partition coefficient (Wildman–Crippen LogP) is 3.16. The number of halogens is 1. The number of nitrogens with zero attached hydrogens (tertiary/aromatic N) is 3. The molecule has 1 aromatic heterocycles. The summed E-state index contributed by atoms with van der Waals surface area (Å²) in [5.74, 6) is -0.510. The van der Waals surface area contributed by atoms with Gasteiger partial charge in [-0.3, -0.25) is 24.4 Å². The first-order valence-electron chi connectivity index (χ1n) is 9.40. The summed E-state index contributed by atoms with van der Waals surface area (Å²) in [5.41, 5.74) is 2.07. The molecular weight excluding hydrogens is 406 g/mol. The van der Waals surface area contributed by atoms with Crippen molar-refractivity contribution >= 4 is 27.7 Å². The lowest BCUT2D eigenvalue weighted by molar-refractivity contribution is -0.142. The Bertz CT molecular complexity index is 886. The Labute approximate surface area is 166 Å². The number of hydrogen-bond donors (Lipinski definition) is 0. The van der Waals surface area contributed by atoms with Gasteiger partial charge >= 0.3 is 0 Å². The Morgan fingerprint density at radius 1 is 1.00 bits per heavy atom. The van der Waals surface area contributed by atoms with Crippen molar-refractivity contribution in [3.8, 4) is 0 Å². The summed E-state index contributed by atoms with van der Waals surface area (Å²) >= 11 is 3.49. The van der Waals surface area contributed by atoms with Gasteiger partial charge in [0.1, 0.15) is 0 Å². The van der Waals surface area contributed by atoms with Crippen molar-refractivity contribution in [3.63, 3.8) is 0 Å². The zero-order valence-corrected chi connectivity index (χ0v) is 16.4. The number of rotatable bonds is 3. The van der Waals surface area contributed by atoms with Crippen LogP contribution in [0, 0.1) is 11.8 Å². The standard InChI is InChI=1S/C21H20BrN3O2/c22-15-5-3-14(4-6-15)19-18-17(16-2-1-11-24(16)19)20(26)25(21(18)27)12-13-7-9-23-10-8-13/h3-10,16-19H,1-2,11-12H2/t16-,17+,18+,19-/m1/s1. The number of hydrogen-bond acceptors (Lipinski definition) is 4. The van der Waals surface area contributed by atoms with Crippen LogP contribution < -0.4 is 0 Å². The van der Waals surface area contributed by atoms with E-state index in [2.05, 4.69) is 37.9 Å². The molecule has 3 fully saturated rings. The first-order chi connectivity index (χ1) is 13.1. The highest BCUT2D eigenvalue weighted by Crippen LogP contribution is 2.53. The van der Waals surface area contributed by atoms with Crippen LogP contribution in [0.25, 0.3) is 0 Å². The molecule has 3 aliphatic heterocycles. The highest BCUT2D eigenvalue weighted by molar-refractivity contribution is 9.10. The van der Waals surface area contributed by atoms with Crippen LogP contribution in [0.5, 0.6) is 0 Å². The minimum atomic E-state index is -0.272. The predicted molar refractivity (Wildman–Crippen MR) is 103 cm³/mol. The fourth-order valence-electron chi connectivity index (χ4n) is 5.15. The Kier molecular flexibility index (Phi) is 4.13. The molecule has 3 aliphatic rings. The number of amides is 2. The second kappa shape index (κ2) is 6.53. The Hall–Kier alpha value is -2.05. The van der Waals surface area contributed by atoms with E-state index >= 15 is 0 Å². The van der Waals surface area contributed by atoms with Crippen molar-refractivity contribution in [2.75, 3.05) is 6.54 Å². The van der Waals surface area contributed by atoms with E-state index in [0.29, 0.717) is 6.54 Å². The smallest absolute Gasteiger partial charge is 0.235 e. The van der Waals surface area contributed by atoms with Crippen LogP contribution in [0.1, 0.15) is 30.0 Å². The molecule has 0 radical (unpaired) electrons. The summed E-state index contributed by atoms with van der Waals surface area (Å²) in [7, 11) is 0. The zero-order valence-electron chi connectivity index (χ0n) is 14.8. The maximum Gasteiger partial charge on any atom is 0.235 e. The van der Waals surface area contributed by atoms with Gasteiger partial charge < -0.3 is 0 Å². The van der Waals surface area contributed by atoms with E-state index in [9.17, 15) is 9.59 Å². The summed E-state index contributed by atoms with van der Waals surface area (Å²) in [5, 5.41) is 0. The molecule has 0 bridgehead atoms. The fraction of sp³-hybridized carbons (Fsp3) is 0.381. The molecule has 2 aromatic rings. The minimum Gasteiger partial charge on any atom is -0.292 e. The van der Waals surface area contributed by atoms with Crippen LogP contribution in [-0.4, -0.2) is 39.2 Å². The van der Waals surface area contributed by atoms with E-state index in [4.69, 9.17) is 0 Å². The first kappa shape index (κ1) is 17.1. The molecule has 2 amide bonds. The number of benzene rings is 1. The second-order valence-corrected chi connectivity index (χ2v) is 8.53. The van der Waals surface area contributed by atoms with Crippen LogP contribution in [0.3, 0.4) is 0 Å². The normalized spacial score (nSPS) is 30.0. The van der Waals surface area contributed by atoms with Crippen LogP contribution in [0.4, 0.5) is 0 Å². The van der Waals surface area contributed by atoms with Crippen molar-refractivity contribution < 1.29 is 9.59 Å². The van der Waals surface area contributed by atoms with Gasteiger partial charge in [0.25, 0.3) is 0 Å². The minimum absolute atomic E-state index is 0.00155. The van der Waals surface area contributed by atoms with E-state index < -0.39 is 0 Å². The highest BCUT2D eigenvalue weighted by Gasteiger charge is 2.62. The van der Waals surface area contributed by atoms with Crippen LogP contribution in [0.2, 0.25) is 0 Å². The lowest BCUT2D eigenvalue weighted by Crippen LogP contribution is -2.38. The lowest BCUT2D eigenvalue weighted by atomic mass is 9.85. The van der Waals surface area contributed by atoms with E-state index in [1.807, 2.05) is 24.3 Å². The van der Waals surface area contributed by atoms with E-state index in [0.717, 1.165) is 35.0 Å². The molecule has 4 heterocycles. The van der Waals surface area contributed by atoms with Crippen molar-refractivity contribution in [2.45, 2.75) is 31.5 Å². The Morgan fingerprint density at radius 2 is 1.70 bits per heavy atom. The lowest BCUT2D eigenvalue weighted by Gasteiger charge is -2.28. The fourth-order valence-corrected chi connectivity index (χ4v) is 5.41. The molecule has 0 N–H and O–H groups in total. The zero-order chi connectivity index (χ0) is 18.5. The number of likely N-dealkylation sites (tertiary alicyclic amines) is 1. The van der Waals surface area contributed by atoms with Gasteiger partial charge in [0.15, 0.2) is 0 Å². The van der Waals surface area contributed by atoms with Gasteiger partial charge in [-0.2, -0.15) is 0 Å². The van der Waals surface area contributed by atoms with Crippen molar-refractivity contribution in [1.29, 1.82) is 0 Å². The molecule has 0 spiro atoms. The van der Waals surface area contributed by atoms with Gasteiger partial charge in [0, 0.05) is 29.0 Å². The van der Waals surface area contributed by atoms with E-state index in [1.54, 1.807) is 12.4 Å². The molecule has 0 aliphatic carbocycles. The Balaban J connectivity index is 1.51. The van der Waals surface area contributed by atoms with Crippen LogP contribution in [-0.2, 0) is 16.1 Å². The summed E-state index contributed by atoms with van der Waals surface area (Å²) < 4.78 is 1.02. The van der Waals surface area contributed by atoms with E-state index in [-0.39, 0.29) is 35.7 Å². The maximum atomic E-state index is 13.3. The molecule has 3 saturated heterocycles. The molecule has 4 atom stereocenters. The van der Waals surface area contributed by atoms with Crippen LogP contribution in [0.15, 0.2) is 53.3 Å². The molecular formula is C21H20BrN3O2. The number of pyridine rings is 1. The first-order valence-corrected chi connectivity index (χ1v) is 10.2. The second-order valence-electron chi connectivity index (χ2n) is 7.61. The molecule has 5 rings (SSSR count). The van der Waals surface area contributed by atoms with Gasteiger partial charge in [0.05, 0.1) is 18.4 Å². The summed E-state index contributed by atoms with van der Waals surface area (Å²) in [6.45, 7) is 1.30. The van der Waals surface area contributed by atoms with Gasteiger partial charge in [0.2, 0.25) is 11.8 Å². The third-order valence-electron chi connectivity index (χ3n) is 6.25. The number of fused-ring (bicyclic) bond motifs is 3. The third-order valence-corrected chi connectivity index (χ3v) is 6.77. The SMILES string of the molecule is O=C1[C@@H]2[C@H](C(=O)N1Cc1ccncc1)[C@@H](c1ccc(Br)cc1)N1CCC[C@H]21. The average Bonchev–Trinajstić information content (AvgIpc) is 3.32. The van der Waals surface area contributed by atoms with Gasteiger partial charge in [-0.25, -0.2) is 0 Å². The summed E-state index contributed by atoms with van der Waals surface area (Å²) in [6, 6.07) is 12.1. The molecule has 5 nitrogen and oxygen atoms in total. The average molecular weight is 426 g/mol. The van der Waals surface area contributed by atoms with E-state index in [1.165, 1.54) is 4.90 Å². The largest absolute Gasteiger partial charge is 0.292 e.